The summed E-state index contributed by atoms with van der Waals surface area (Å²) in [5.74, 6) is -0.992. The first kappa shape index (κ1) is 26.6. The van der Waals surface area contributed by atoms with Crippen LogP contribution >= 0.6 is 0 Å². The second-order valence-corrected chi connectivity index (χ2v) is 8.41. The molecule has 1 aromatic heterocycles. The second-order valence-electron chi connectivity index (χ2n) is 8.41. The summed E-state index contributed by atoms with van der Waals surface area (Å²) in [5, 5.41) is 14.8. The van der Waals surface area contributed by atoms with E-state index in [2.05, 4.69) is 15.6 Å². The lowest BCUT2D eigenvalue weighted by Crippen LogP contribution is -2.36. The number of nitrogens with one attached hydrogen (secondary N) is 2. The summed E-state index contributed by atoms with van der Waals surface area (Å²) < 4.78 is 32.0. The first-order chi connectivity index (χ1) is 17.3. The number of hydrogen-bond acceptors (Lipinski definition) is 5. The number of aromatic nitrogens is 1. The van der Waals surface area contributed by atoms with Crippen LogP contribution in [0.5, 0.6) is 17.4 Å². The normalized spacial score (nSPS) is 13.2. The molecular weight excluding hydrogens is 468 g/mol. The van der Waals surface area contributed by atoms with Gasteiger partial charge in [-0.05, 0) is 49.2 Å². The van der Waals surface area contributed by atoms with Gasteiger partial charge < -0.3 is 20.5 Å². The smallest absolute Gasteiger partial charge is 0.257 e. The van der Waals surface area contributed by atoms with E-state index in [0.29, 0.717) is 12.3 Å². The Bertz CT molecular complexity index is 1170. The van der Waals surface area contributed by atoms with Gasteiger partial charge in [-0.25, -0.2) is 13.8 Å². The van der Waals surface area contributed by atoms with Gasteiger partial charge in [-0.3, -0.25) is 9.59 Å². The Balaban J connectivity index is 0.000000253. The number of aromatic hydroxyl groups is 1. The number of para-hydroxylation sites is 1. The lowest BCUT2D eigenvalue weighted by atomic mass is 9.95. The standard InChI is InChI=1S/C18H18F2N2O2.C9H11NO2/c19-12-6-8-15(9-7-12)24-18-16(10-13(20)11-21-18)17(23)22-14-4-2-1-3-5-14;1-7(11)10-6-8-4-2-3-5-9(8)12/h6-11,14H,1-5H2,(H,22,23);2-5,12H,6H2,1H3,(H,10,11). The third kappa shape index (κ3) is 8.33. The molecule has 1 saturated carbocycles. The van der Waals surface area contributed by atoms with Crippen LogP contribution in [-0.4, -0.2) is 27.9 Å². The molecule has 9 heteroatoms. The molecule has 0 aliphatic heterocycles. The van der Waals surface area contributed by atoms with Crippen LogP contribution in [0.2, 0.25) is 0 Å². The van der Waals surface area contributed by atoms with E-state index in [1.54, 1.807) is 18.2 Å². The highest BCUT2D eigenvalue weighted by Crippen LogP contribution is 2.25. The average molecular weight is 498 g/mol. The summed E-state index contributed by atoms with van der Waals surface area (Å²) in [6.45, 7) is 1.82. The Morgan fingerprint density at radius 1 is 1.03 bits per heavy atom. The number of rotatable bonds is 6. The minimum atomic E-state index is -0.616. The molecule has 2 aromatic carbocycles. The number of carbonyl (C=O) groups is 2. The molecule has 190 valence electrons. The SMILES string of the molecule is CC(=O)NCc1ccccc1O.O=C(NC1CCCCC1)c1cc(F)cnc1Oc1ccc(F)cc1. The highest BCUT2D eigenvalue weighted by molar-refractivity contribution is 5.96. The molecule has 1 fully saturated rings. The van der Waals surface area contributed by atoms with E-state index in [0.717, 1.165) is 43.5 Å². The molecule has 0 unspecified atom stereocenters. The molecule has 3 aromatic rings. The molecule has 1 heterocycles. The van der Waals surface area contributed by atoms with Crippen molar-refractivity contribution in [1.29, 1.82) is 0 Å². The first-order valence-electron chi connectivity index (χ1n) is 11.7. The van der Waals surface area contributed by atoms with Crippen LogP contribution in [0.25, 0.3) is 0 Å². The monoisotopic (exact) mass is 497 g/mol. The minimum absolute atomic E-state index is 0.00341. The molecule has 2 amide bonds. The Morgan fingerprint density at radius 2 is 1.72 bits per heavy atom. The van der Waals surface area contributed by atoms with Crippen LogP contribution < -0.4 is 15.4 Å². The van der Waals surface area contributed by atoms with Gasteiger partial charge in [-0.2, -0.15) is 0 Å². The molecule has 36 heavy (non-hydrogen) atoms. The predicted molar refractivity (Wildman–Crippen MR) is 131 cm³/mol. The fraction of sp³-hybridized carbons (Fsp3) is 0.296. The highest BCUT2D eigenvalue weighted by atomic mass is 19.1. The molecule has 3 N–H and O–H groups in total. The number of phenols is 1. The summed E-state index contributed by atoms with van der Waals surface area (Å²) in [6, 6.07) is 13.4. The number of pyridine rings is 1. The summed E-state index contributed by atoms with van der Waals surface area (Å²) in [5.41, 5.74) is 0.762. The number of hydrogen-bond donors (Lipinski definition) is 3. The van der Waals surface area contributed by atoms with Crippen molar-refractivity contribution in [3.8, 4) is 17.4 Å². The van der Waals surface area contributed by atoms with Crippen molar-refractivity contribution in [3.05, 3.63) is 83.6 Å². The van der Waals surface area contributed by atoms with Crippen molar-refractivity contribution in [3.63, 3.8) is 0 Å². The van der Waals surface area contributed by atoms with Gasteiger partial charge in [0, 0.05) is 25.1 Å². The molecule has 0 radical (unpaired) electrons. The molecule has 7 nitrogen and oxygen atoms in total. The van der Waals surface area contributed by atoms with E-state index in [1.807, 2.05) is 6.07 Å². The van der Waals surface area contributed by atoms with Gasteiger partial charge >= 0.3 is 0 Å². The maximum absolute atomic E-state index is 13.5. The third-order valence-corrected chi connectivity index (χ3v) is 5.55. The Labute approximate surface area is 208 Å². The van der Waals surface area contributed by atoms with E-state index in [4.69, 9.17) is 4.74 Å². The number of amides is 2. The number of benzene rings is 2. The number of halogens is 2. The largest absolute Gasteiger partial charge is 0.508 e. The fourth-order valence-corrected chi connectivity index (χ4v) is 3.68. The zero-order chi connectivity index (χ0) is 25.9. The van der Waals surface area contributed by atoms with Gasteiger partial charge in [0.2, 0.25) is 11.8 Å². The number of phenolic OH excluding ortho intramolecular Hbond substituents is 1. The van der Waals surface area contributed by atoms with E-state index in [9.17, 15) is 23.5 Å². The molecule has 0 atom stereocenters. The van der Waals surface area contributed by atoms with Gasteiger partial charge in [-0.15, -0.1) is 0 Å². The van der Waals surface area contributed by atoms with Gasteiger partial charge in [0.15, 0.2) is 0 Å². The fourth-order valence-electron chi connectivity index (χ4n) is 3.68. The molecular formula is C27H29F2N3O4. The Hall–Kier alpha value is -4.01. The summed E-state index contributed by atoms with van der Waals surface area (Å²) >= 11 is 0. The van der Waals surface area contributed by atoms with Crippen molar-refractivity contribution in [2.75, 3.05) is 0 Å². The van der Waals surface area contributed by atoms with Crippen molar-refractivity contribution in [2.24, 2.45) is 0 Å². The van der Waals surface area contributed by atoms with Gasteiger partial charge in [-0.1, -0.05) is 37.5 Å². The van der Waals surface area contributed by atoms with Crippen LogP contribution in [0.4, 0.5) is 8.78 Å². The van der Waals surface area contributed by atoms with Crippen LogP contribution in [0, 0.1) is 11.6 Å². The zero-order valence-electron chi connectivity index (χ0n) is 20.0. The first-order valence-corrected chi connectivity index (χ1v) is 11.7. The second kappa shape index (κ2) is 13.2. The minimum Gasteiger partial charge on any atom is -0.508 e. The summed E-state index contributed by atoms with van der Waals surface area (Å²) in [4.78, 5) is 26.9. The lowest BCUT2D eigenvalue weighted by molar-refractivity contribution is -0.119. The van der Waals surface area contributed by atoms with Crippen LogP contribution in [0.3, 0.4) is 0 Å². The summed E-state index contributed by atoms with van der Waals surface area (Å²) in [6.07, 6.45) is 6.14. The quantitative estimate of drug-likeness (QED) is 0.432. The average Bonchev–Trinajstić information content (AvgIpc) is 2.87. The van der Waals surface area contributed by atoms with Crippen LogP contribution in [0.1, 0.15) is 54.9 Å². The van der Waals surface area contributed by atoms with Gasteiger partial charge in [0.25, 0.3) is 5.91 Å². The zero-order valence-corrected chi connectivity index (χ0v) is 20.0. The molecule has 0 saturated heterocycles. The molecule has 4 rings (SSSR count). The lowest BCUT2D eigenvalue weighted by Gasteiger charge is -2.23. The topological polar surface area (TPSA) is 101 Å². The number of nitrogens with zero attached hydrogens (tertiary/aromatic N) is 1. The van der Waals surface area contributed by atoms with Crippen molar-refractivity contribution in [1.82, 2.24) is 15.6 Å². The molecule has 0 spiro atoms. The molecule has 1 aliphatic carbocycles. The van der Waals surface area contributed by atoms with Crippen molar-refractivity contribution >= 4 is 11.8 Å². The van der Waals surface area contributed by atoms with Crippen LogP contribution in [0.15, 0.2) is 60.8 Å². The Morgan fingerprint density at radius 3 is 2.39 bits per heavy atom. The number of carbonyl (C=O) groups excluding carboxylic acids is 2. The van der Waals surface area contributed by atoms with E-state index >= 15 is 0 Å². The van der Waals surface area contributed by atoms with E-state index in [-0.39, 0.29) is 29.1 Å². The van der Waals surface area contributed by atoms with Gasteiger partial charge in [0.05, 0.1) is 6.20 Å². The predicted octanol–water partition coefficient (Wildman–Crippen LogP) is 5.24. The maximum Gasteiger partial charge on any atom is 0.257 e. The Kier molecular flexibility index (Phi) is 9.73. The maximum atomic E-state index is 13.5. The van der Waals surface area contributed by atoms with Crippen molar-refractivity contribution in [2.45, 2.75) is 51.6 Å². The van der Waals surface area contributed by atoms with Crippen LogP contribution in [-0.2, 0) is 11.3 Å². The van der Waals surface area contributed by atoms with E-state index in [1.165, 1.54) is 37.6 Å². The van der Waals surface area contributed by atoms with Crippen molar-refractivity contribution < 1.29 is 28.2 Å². The molecule has 0 bridgehead atoms. The summed E-state index contributed by atoms with van der Waals surface area (Å²) in [7, 11) is 0. The highest BCUT2D eigenvalue weighted by Gasteiger charge is 2.21. The van der Waals surface area contributed by atoms with Gasteiger partial charge in [0.1, 0.15) is 28.7 Å². The molecule has 1 aliphatic rings. The van der Waals surface area contributed by atoms with E-state index < -0.39 is 17.5 Å². The third-order valence-electron chi connectivity index (χ3n) is 5.55. The number of ether oxygens (including phenoxy) is 1.